The number of methoxy groups -OCH3 is 1. The molecule has 0 aliphatic heterocycles. The second kappa shape index (κ2) is 10.5. The SMILES string of the molecule is C=C[C@@H](OCOCCOC)[C@](C)(O)/C=C/CO[Si](C)(C)C(C)(C)C. The van der Waals surface area contributed by atoms with Crippen molar-refractivity contribution in [3.63, 3.8) is 0 Å². The zero-order chi connectivity index (χ0) is 18.9. The minimum absolute atomic E-state index is 0.0739. The van der Waals surface area contributed by atoms with E-state index < -0.39 is 20.0 Å². The summed E-state index contributed by atoms with van der Waals surface area (Å²) < 4.78 is 21.7. The molecule has 0 fully saturated rings. The van der Waals surface area contributed by atoms with Gasteiger partial charge < -0.3 is 23.7 Å². The van der Waals surface area contributed by atoms with Gasteiger partial charge in [0.1, 0.15) is 18.5 Å². The third kappa shape index (κ3) is 8.55. The van der Waals surface area contributed by atoms with E-state index in [0.29, 0.717) is 19.8 Å². The molecule has 5 nitrogen and oxygen atoms in total. The lowest BCUT2D eigenvalue weighted by Crippen LogP contribution is -2.41. The Bertz CT molecular complexity index is 385. The fourth-order valence-electron chi connectivity index (χ4n) is 1.65. The second-order valence-electron chi connectivity index (χ2n) is 7.54. The highest BCUT2D eigenvalue weighted by molar-refractivity contribution is 6.74. The molecular weight excluding hydrogens is 324 g/mol. The molecule has 0 saturated heterocycles. The van der Waals surface area contributed by atoms with Gasteiger partial charge >= 0.3 is 0 Å². The number of hydrogen-bond acceptors (Lipinski definition) is 5. The van der Waals surface area contributed by atoms with Crippen molar-refractivity contribution in [1.82, 2.24) is 0 Å². The number of aliphatic hydroxyl groups is 1. The maximum absolute atomic E-state index is 10.6. The fraction of sp³-hybridized carbons (Fsp3) is 0.778. The van der Waals surface area contributed by atoms with E-state index in [4.69, 9.17) is 18.6 Å². The molecule has 0 aliphatic carbocycles. The van der Waals surface area contributed by atoms with E-state index in [1.54, 1.807) is 26.2 Å². The van der Waals surface area contributed by atoms with Crippen molar-refractivity contribution >= 4 is 8.32 Å². The molecule has 142 valence electrons. The zero-order valence-corrected chi connectivity index (χ0v) is 17.4. The number of rotatable bonds is 12. The van der Waals surface area contributed by atoms with Crippen LogP contribution in [0.2, 0.25) is 18.1 Å². The molecule has 0 aromatic carbocycles. The molecule has 0 aliphatic rings. The second-order valence-corrected chi connectivity index (χ2v) is 12.4. The van der Waals surface area contributed by atoms with Crippen molar-refractivity contribution < 1.29 is 23.7 Å². The standard InChI is InChI=1S/C18H36O5Si/c1-9-16(22-15-21-14-13-20-6)18(5,19)11-10-12-23-24(7,8)17(2,3)4/h9-11,16,19H,1,12-15H2,2-8H3/b11-10+/t16-,18-/m1/s1. The van der Waals surface area contributed by atoms with Crippen molar-refractivity contribution in [3.05, 3.63) is 24.8 Å². The summed E-state index contributed by atoms with van der Waals surface area (Å²) in [5.41, 5.74) is -1.18. The minimum atomic E-state index is -1.79. The molecule has 6 heteroatoms. The van der Waals surface area contributed by atoms with Crippen molar-refractivity contribution in [2.75, 3.05) is 33.7 Å². The van der Waals surface area contributed by atoms with Gasteiger partial charge in [-0.1, -0.05) is 39.0 Å². The van der Waals surface area contributed by atoms with Gasteiger partial charge in [0, 0.05) is 7.11 Å². The molecule has 0 spiro atoms. The van der Waals surface area contributed by atoms with Crippen LogP contribution in [0, 0.1) is 0 Å². The van der Waals surface area contributed by atoms with Crippen molar-refractivity contribution in [2.45, 2.75) is 57.5 Å². The Morgan fingerprint density at radius 3 is 2.29 bits per heavy atom. The first-order chi connectivity index (χ1) is 11.0. The van der Waals surface area contributed by atoms with E-state index in [0.717, 1.165) is 0 Å². The van der Waals surface area contributed by atoms with Crippen LogP contribution in [0.3, 0.4) is 0 Å². The van der Waals surface area contributed by atoms with E-state index >= 15 is 0 Å². The van der Waals surface area contributed by atoms with Crippen LogP contribution in [0.25, 0.3) is 0 Å². The van der Waals surface area contributed by atoms with Gasteiger partial charge in [0.05, 0.1) is 19.8 Å². The molecule has 0 amide bonds. The Hall–Kier alpha value is -0.503. The molecule has 2 atom stereocenters. The molecular formula is C18H36O5Si. The van der Waals surface area contributed by atoms with Crippen LogP contribution in [0.4, 0.5) is 0 Å². The van der Waals surface area contributed by atoms with E-state index in [2.05, 4.69) is 40.4 Å². The van der Waals surface area contributed by atoms with Gasteiger partial charge in [-0.05, 0) is 25.1 Å². The lowest BCUT2D eigenvalue weighted by Gasteiger charge is -2.36. The van der Waals surface area contributed by atoms with Gasteiger partial charge in [-0.2, -0.15) is 0 Å². The first-order valence-electron chi connectivity index (χ1n) is 8.33. The van der Waals surface area contributed by atoms with Crippen LogP contribution in [0.15, 0.2) is 24.8 Å². The summed E-state index contributed by atoms with van der Waals surface area (Å²) in [6.07, 6.45) is 4.54. The normalized spacial score (nSPS) is 17.0. The van der Waals surface area contributed by atoms with Gasteiger partial charge in [0.2, 0.25) is 0 Å². The predicted molar refractivity (Wildman–Crippen MR) is 101 cm³/mol. The van der Waals surface area contributed by atoms with Gasteiger partial charge in [-0.3, -0.25) is 0 Å². The van der Waals surface area contributed by atoms with Crippen LogP contribution < -0.4 is 0 Å². The Balaban J connectivity index is 4.44. The average Bonchev–Trinajstić information content (AvgIpc) is 2.46. The summed E-state index contributed by atoms with van der Waals surface area (Å²) in [5, 5.41) is 10.7. The molecule has 0 saturated carbocycles. The monoisotopic (exact) mass is 360 g/mol. The molecule has 0 heterocycles. The summed E-state index contributed by atoms with van der Waals surface area (Å²) in [6.45, 7) is 17.9. The van der Waals surface area contributed by atoms with Crippen LogP contribution in [0.1, 0.15) is 27.7 Å². The van der Waals surface area contributed by atoms with Crippen molar-refractivity contribution in [1.29, 1.82) is 0 Å². The summed E-state index contributed by atoms with van der Waals surface area (Å²) in [4.78, 5) is 0. The van der Waals surface area contributed by atoms with Crippen LogP contribution >= 0.6 is 0 Å². The zero-order valence-electron chi connectivity index (χ0n) is 16.4. The lowest BCUT2D eigenvalue weighted by atomic mass is 9.98. The van der Waals surface area contributed by atoms with Crippen LogP contribution in [-0.2, 0) is 18.6 Å². The van der Waals surface area contributed by atoms with E-state index in [1.807, 2.05) is 6.08 Å². The molecule has 0 radical (unpaired) electrons. The highest BCUT2D eigenvalue weighted by atomic mass is 28.4. The van der Waals surface area contributed by atoms with Crippen LogP contribution in [0.5, 0.6) is 0 Å². The average molecular weight is 361 g/mol. The first kappa shape index (κ1) is 23.5. The fourth-order valence-corrected chi connectivity index (χ4v) is 2.60. The first-order valence-corrected chi connectivity index (χ1v) is 11.2. The highest BCUT2D eigenvalue weighted by Crippen LogP contribution is 2.36. The van der Waals surface area contributed by atoms with Gasteiger partial charge in [-0.25, -0.2) is 0 Å². The van der Waals surface area contributed by atoms with Crippen molar-refractivity contribution in [3.8, 4) is 0 Å². The van der Waals surface area contributed by atoms with Crippen LogP contribution in [-0.4, -0.2) is 58.9 Å². The topological polar surface area (TPSA) is 57.2 Å². The molecule has 0 aromatic heterocycles. The van der Waals surface area contributed by atoms with E-state index in [1.165, 1.54) is 0 Å². The smallest absolute Gasteiger partial charge is 0.192 e. The lowest BCUT2D eigenvalue weighted by molar-refractivity contribution is -0.128. The third-order valence-electron chi connectivity index (χ3n) is 4.35. The maximum Gasteiger partial charge on any atom is 0.192 e. The molecule has 0 rings (SSSR count). The quantitative estimate of drug-likeness (QED) is 0.250. The van der Waals surface area contributed by atoms with E-state index in [-0.39, 0.29) is 11.8 Å². The third-order valence-corrected chi connectivity index (χ3v) is 8.86. The summed E-state index contributed by atoms with van der Waals surface area (Å²) in [7, 11) is -0.177. The Kier molecular flexibility index (Phi) is 10.3. The van der Waals surface area contributed by atoms with Gasteiger partial charge in [0.25, 0.3) is 0 Å². The molecule has 0 bridgehead atoms. The Morgan fingerprint density at radius 1 is 1.17 bits per heavy atom. The largest absolute Gasteiger partial charge is 0.413 e. The van der Waals surface area contributed by atoms with Crippen molar-refractivity contribution in [2.24, 2.45) is 0 Å². The molecule has 0 unspecified atom stereocenters. The van der Waals surface area contributed by atoms with E-state index in [9.17, 15) is 5.11 Å². The highest BCUT2D eigenvalue weighted by Gasteiger charge is 2.36. The molecule has 1 N–H and O–H groups in total. The Labute approximate surface area is 148 Å². The summed E-state index contributed by atoms with van der Waals surface area (Å²) >= 11 is 0. The van der Waals surface area contributed by atoms with Gasteiger partial charge in [-0.15, -0.1) is 6.58 Å². The predicted octanol–water partition coefficient (Wildman–Crippen LogP) is 3.51. The number of ether oxygens (including phenoxy) is 3. The Morgan fingerprint density at radius 2 is 1.79 bits per heavy atom. The molecule has 0 aromatic rings. The minimum Gasteiger partial charge on any atom is -0.413 e. The van der Waals surface area contributed by atoms with Gasteiger partial charge in [0.15, 0.2) is 8.32 Å². The summed E-state index contributed by atoms with van der Waals surface area (Å²) in [5.74, 6) is 0. The molecule has 24 heavy (non-hydrogen) atoms. The maximum atomic E-state index is 10.6. The number of hydrogen-bond donors (Lipinski definition) is 1. The summed E-state index contributed by atoms with van der Waals surface area (Å²) in [6, 6.07) is 0.